The van der Waals surface area contributed by atoms with Gasteiger partial charge in [-0.3, -0.25) is 4.90 Å². The molecule has 3 nitrogen and oxygen atoms in total. The zero-order chi connectivity index (χ0) is 13.1. The number of benzene rings is 1. The SMILES string of the molecule is COc1cc(N)cc(CN2CCC(C)CC2C)c1. The molecule has 0 saturated carbocycles. The summed E-state index contributed by atoms with van der Waals surface area (Å²) in [6.07, 6.45) is 2.59. The second-order valence-electron chi connectivity index (χ2n) is 5.56. The van der Waals surface area contributed by atoms with Gasteiger partial charge in [0.25, 0.3) is 0 Å². The average molecular weight is 248 g/mol. The van der Waals surface area contributed by atoms with Crippen molar-refractivity contribution in [2.75, 3.05) is 19.4 Å². The monoisotopic (exact) mass is 248 g/mol. The summed E-state index contributed by atoms with van der Waals surface area (Å²) in [7, 11) is 1.68. The van der Waals surface area contributed by atoms with Crippen molar-refractivity contribution in [3.05, 3.63) is 23.8 Å². The van der Waals surface area contributed by atoms with Crippen molar-refractivity contribution in [3.8, 4) is 5.75 Å². The molecule has 0 spiro atoms. The highest BCUT2D eigenvalue weighted by molar-refractivity contribution is 5.47. The largest absolute Gasteiger partial charge is 0.497 e. The van der Waals surface area contributed by atoms with Gasteiger partial charge in [-0.25, -0.2) is 0 Å². The molecule has 1 saturated heterocycles. The van der Waals surface area contributed by atoms with Crippen LogP contribution in [-0.4, -0.2) is 24.6 Å². The zero-order valence-corrected chi connectivity index (χ0v) is 11.6. The first-order valence-electron chi connectivity index (χ1n) is 6.76. The molecule has 2 N–H and O–H groups in total. The lowest BCUT2D eigenvalue weighted by atomic mass is 9.93. The lowest BCUT2D eigenvalue weighted by Crippen LogP contribution is -2.39. The second kappa shape index (κ2) is 5.61. The maximum atomic E-state index is 5.90. The number of hydrogen-bond donors (Lipinski definition) is 1. The van der Waals surface area contributed by atoms with Crippen LogP contribution in [0, 0.1) is 5.92 Å². The van der Waals surface area contributed by atoms with Gasteiger partial charge in [0.1, 0.15) is 5.75 Å². The molecule has 1 aliphatic rings. The minimum absolute atomic E-state index is 0.654. The predicted molar refractivity (Wildman–Crippen MR) is 75.7 cm³/mol. The van der Waals surface area contributed by atoms with Gasteiger partial charge in [0.05, 0.1) is 7.11 Å². The Kier molecular flexibility index (Phi) is 4.12. The number of ether oxygens (including phenoxy) is 1. The van der Waals surface area contributed by atoms with Gasteiger partial charge < -0.3 is 10.5 Å². The molecule has 0 aromatic heterocycles. The Hall–Kier alpha value is -1.22. The van der Waals surface area contributed by atoms with E-state index in [1.54, 1.807) is 7.11 Å². The van der Waals surface area contributed by atoms with Crippen LogP contribution in [0.4, 0.5) is 5.69 Å². The van der Waals surface area contributed by atoms with Crippen molar-refractivity contribution >= 4 is 5.69 Å². The first-order chi connectivity index (χ1) is 8.58. The van der Waals surface area contributed by atoms with Gasteiger partial charge in [0.15, 0.2) is 0 Å². The van der Waals surface area contributed by atoms with E-state index >= 15 is 0 Å². The van der Waals surface area contributed by atoms with Crippen LogP contribution in [0.3, 0.4) is 0 Å². The molecule has 2 rings (SSSR count). The summed E-state index contributed by atoms with van der Waals surface area (Å²) >= 11 is 0. The molecule has 0 amide bonds. The fourth-order valence-electron chi connectivity index (χ4n) is 2.82. The lowest BCUT2D eigenvalue weighted by molar-refractivity contribution is 0.122. The Morgan fingerprint density at radius 3 is 2.78 bits per heavy atom. The van der Waals surface area contributed by atoms with Crippen LogP contribution in [0.1, 0.15) is 32.3 Å². The van der Waals surface area contributed by atoms with Crippen molar-refractivity contribution in [1.82, 2.24) is 4.90 Å². The quantitative estimate of drug-likeness (QED) is 0.836. The summed E-state index contributed by atoms with van der Waals surface area (Å²) in [6.45, 7) is 6.81. The van der Waals surface area contributed by atoms with Gasteiger partial charge in [0.2, 0.25) is 0 Å². The fourth-order valence-corrected chi connectivity index (χ4v) is 2.82. The lowest BCUT2D eigenvalue weighted by Gasteiger charge is -2.36. The summed E-state index contributed by atoms with van der Waals surface area (Å²) in [5.74, 6) is 1.70. The number of nitrogens with two attached hydrogens (primary N) is 1. The van der Waals surface area contributed by atoms with Crippen molar-refractivity contribution in [1.29, 1.82) is 0 Å². The van der Waals surface area contributed by atoms with Gasteiger partial charge >= 0.3 is 0 Å². The maximum absolute atomic E-state index is 5.90. The third-order valence-electron chi connectivity index (χ3n) is 3.89. The summed E-state index contributed by atoms with van der Waals surface area (Å²) in [5.41, 5.74) is 7.92. The molecule has 1 aliphatic heterocycles. The van der Waals surface area contributed by atoms with Crippen LogP contribution in [0.5, 0.6) is 5.75 Å². The number of likely N-dealkylation sites (tertiary alicyclic amines) is 1. The van der Waals surface area contributed by atoms with Crippen molar-refractivity contribution in [3.63, 3.8) is 0 Å². The van der Waals surface area contributed by atoms with Crippen LogP contribution in [0.15, 0.2) is 18.2 Å². The normalized spacial score (nSPS) is 25.1. The van der Waals surface area contributed by atoms with E-state index in [1.807, 2.05) is 12.1 Å². The van der Waals surface area contributed by atoms with Crippen molar-refractivity contribution < 1.29 is 4.74 Å². The molecule has 2 unspecified atom stereocenters. The standard InChI is InChI=1S/C15H24N2O/c1-11-4-5-17(12(2)6-11)10-13-7-14(16)9-15(8-13)18-3/h7-9,11-12H,4-6,10,16H2,1-3H3. The molecular formula is C15H24N2O. The first-order valence-corrected chi connectivity index (χ1v) is 6.76. The molecule has 1 aromatic carbocycles. The minimum Gasteiger partial charge on any atom is -0.497 e. The molecule has 3 heteroatoms. The third kappa shape index (κ3) is 3.16. The van der Waals surface area contributed by atoms with E-state index in [4.69, 9.17) is 10.5 Å². The van der Waals surface area contributed by atoms with Gasteiger partial charge in [0, 0.05) is 24.3 Å². The van der Waals surface area contributed by atoms with Crippen LogP contribution < -0.4 is 10.5 Å². The van der Waals surface area contributed by atoms with E-state index in [2.05, 4.69) is 24.8 Å². The van der Waals surface area contributed by atoms with Gasteiger partial charge in [-0.15, -0.1) is 0 Å². The average Bonchev–Trinajstić information content (AvgIpc) is 2.32. The zero-order valence-electron chi connectivity index (χ0n) is 11.6. The maximum Gasteiger partial charge on any atom is 0.121 e. The van der Waals surface area contributed by atoms with Crippen LogP contribution in [0.25, 0.3) is 0 Å². The van der Waals surface area contributed by atoms with Gasteiger partial charge in [-0.05, 0) is 49.9 Å². The molecule has 2 atom stereocenters. The van der Waals surface area contributed by atoms with E-state index in [0.29, 0.717) is 6.04 Å². The van der Waals surface area contributed by atoms with Crippen LogP contribution in [0.2, 0.25) is 0 Å². The predicted octanol–water partition coefficient (Wildman–Crippen LogP) is 2.90. The fraction of sp³-hybridized carbons (Fsp3) is 0.600. The van der Waals surface area contributed by atoms with Crippen LogP contribution >= 0.6 is 0 Å². The number of rotatable bonds is 3. The van der Waals surface area contributed by atoms with Crippen LogP contribution in [-0.2, 0) is 6.54 Å². The minimum atomic E-state index is 0.654. The Morgan fingerprint density at radius 2 is 2.11 bits per heavy atom. The molecule has 1 fully saturated rings. The summed E-state index contributed by atoms with van der Waals surface area (Å²) in [5, 5.41) is 0. The second-order valence-corrected chi connectivity index (χ2v) is 5.56. The number of nitrogens with zero attached hydrogens (tertiary/aromatic N) is 1. The van der Waals surface area contributed by atoms with E-state index in [9.17, 15) is 0 Å². The number of methoxy groups -OCH3 is 1. The number of hydrogen-bond acceptors (Lipinski definition) is 3. The Bertz CT molecular complexity index is 405. The summed E-state index contributed by atoms with van der Waals surface area (Å²) in [6, 6.07) is 6.65. The molecular weight excluding hydrogens is 224 g/mol. The molecule has 100 valence electrons. The van der Waals surface area contributed by atoms with E-state index in [0.717, 1.165) is 23.9 Å². The molecule has 0 radical (unpaired) electrons. The van der Waals surface area contributed by atoms with Crippen molar-refractivity contribution in [2.45, 2.75) is 39.3 Å². The summed E-state index contributed by atoms with van der Waals surface area (Å²) < 4.78 is 5.27. The highest BCUT2D eigenvalue weighted by Crippen LogP contribution is 2.25. The third-order valence-corrected chi connectivity index (χ3v) is 3.89. The van der Waals surface area contributed by atoms with E-state index < -0.39 is 0 Å². The number of nitrogen functional groups attached to an aromatic ring is 1. The Labute approximate surface area is 110 Å². The molecule has 0 bridgehead atoms. The Morgan fingerprint density at radius 1 is 1.33 bits per heavy atom. The molecule has 0 aliphatic carbocycles. The van der Waals surface area contributed by atoms with Gasteiger partial charge in [-0.1, -0.05) is 6.92 Å². The van der Waals surface area contributed by atoms with Crippen molar-refractivity contribution in [2.24, 2.45) is 5.92 Å². The first kappa shape index (κ1) is 13.2. The highest BCUT2D eigenvalue weighted by atomic mass is 16.5. The molecule has 1 aromatic rings. The van der Waals surface area contributed by atoms with E-state index in [1.165, 1.54) is 24.9 Å². The topological polar surface area (TPSA) is 38.5 Å². The summed E-state index contributed by atoms with van der Waals surface area (Å²) in [4.78, 5) is 2.54. The number of anilines is 1. The molecule has 1 heterocycles. The smallest absolute Gasteiger partial charge is 0.121 e. The highest BCUT2D eigenvalue weighted by Gasteiger charge is 2.22. The Balaban J connectivity index is 2.06. The number of piperidine rings is 1. The molecule has 18 heavy (non-hydrogen) atoms. The van der Waals surface area contributed by atoms with E-state index in [-0.39, 0.29) is 0 Å². The van der Waals surface area contributed by atoms with Gasteiger partial charge in [-0.2, -0.15) is 0 Å².